The number of hydrogen-bond donors (Lipinski definition) is 1. The summed E-state index contributed by atoms with van der Waals surface area (Å²) < 4.78 is 138. The van der Waals surface area contributed by atoms with Crippen LogP contribution < -0.4 is 67.6 Å². The molecule has 0 aliphatic carbocycles. The molecule has 0 saturated carbocycles. The molecule has 6 aromatic rings. The predicted octanol–water partition coefficient (Wildman–Crippen LogP) is 5.04. The van der Waals surface area contributed by atoms with Gasteiger partial charge in [0, 0.05) is 76.6 Å². The summed E-state index contributed by atoms with van der Waals surface area (Å²) in [6, 6.07) is 20.2. The minimum atomic E-state index is -4.77. The molecule has 3 aliphatic heterocycles. The van der Waals surface area contributed by atoms with E-state index in [-0.39, 0.29) is 65.9 Å². The molecular weight excluding hydrogens is 1220 g/mol. The number of methoxy groups -OCH3 is 1. The quantitative estimate of drug-likeness (QED) is 0.0346. The second kappa shape index (κ2) is 23.7. The van der Waals surface area contributed by atoms with Crippen molar-refractivity contribution in [1.29, 1.82) is 0 Å². The fraction of sp³-hybridized carbons (Fsp3) is 0.314. The maximum atomic E-state index is 13.8. The molecule has 1 fully saturated rings. The Morgan fingerprint density at radius 1 is 0.844 bits per heavy atom. The fourth-order valence-electron chi connectivity index (χ4n) is 9.55. The third kappa shape index (κ3) is 12.8. The van der Waals surface area contributed by atoms with Gasteiger partial charge in [0.1, 0.15) is 27.1 Å². The van der Waals surface area contributed by atoms with Crippen molar-refractivity contribution in [2.75, 3.05) is 37.4 Å². The van der Waals surface area contributed by atoms with E-state index in [1.807, 2.05) is 48.8 Å². The number of quaternary nitrogens is 1. The first-order chi connectivity index (χ1) is 36.1. The van der Waals surface area contributed by atoms with E-state index in [4.69, 9.17) is 18.6 Å². The zero-order valence-electron chi connectivity index (χ0n) is 42.2. The zero-order valence-corrected chi connectivity index (χ0v) is 50.6. The van der Waals surface area contributed by atoms with Crippen LogP contribution in [0.2, 0.25) is 0 Å². The Labute approximate surface area is 488 Å². The number of amides is 1. The van der Waals surface area contributed by atoms with E-state index < -0.39 is 46.4 Å². The van der Waals surface area contributed by atoms with E-state index >= 15 is 0 Å². The number of nitrogens with one attached hydrogen (secondary N) is 1. The largest absolute Gasteiger partial charge is 1.00 e. The maximum absolute atomic E-state index is 13.8. The molecule has 3 aliphatic rings. The van der Waals surface area contributed by atoms with Gasteiger partial charge in [0.15, 0.2) is 45.8 Å². The molecule has 4 aromatic carbocycles. The maximum Gasteiger partial charge on any atom is 1.00 e. The Hall–Kier alpha value is -4.48. The molecule has 26 heteroatoms. The molecule has 9 rings (SSSR count). The number of carbonyl (C=O) groups is 1. The topological polar surface area (TPSA) is 253 Å². The molecular formula is C51H51Br2N5NaO14S4+. The number of thiazole rings is 1. The van der Waals surface area contributed by atoms with Crippen LogP contribution in [0.5, 0.6) is 17.2 Å². The smallest absolute Gasteiger partial charge is 0.748 e. The number of allylic oxidation sites excluding steroid dienone is 4. The Balaban J connectivity index is 0.00000784. The van der Waals surface area contributed by atoms with Gasteiger partial charge in [0.05, 0.1) is 46.9 Å². The fourth-order valence-corrected chi connectivity index (χ4v) is 13.7. The molecule has 2 unspecified atom stereocenters. The summed E-state index contributed by atoms with van der Waals surface area (Å²) in [5.41, 5.74) is 4.70. The van der Waals surface area contributed by atoms with Crippen molar-refractivity contribution in [1.82, 2.24) is 9.80 Å². The van der Waals surface area contributed by atoms with Crippen molar-refractivity contribution in [2.45, 2.75) is 75.7 Å². The van der Waals surface area contributed by atoms with Gasteiger partial charge in [-0.15, -0.1) is 0 Å². The second-order valence-electron chi connectivity index (χ2n) is 18.2. The molecule has 77 heavy (non-hydrogen) atoms. The second-order valence-corrected chi connectivity index (χ2v) is 25.6. The summed E-state index contributed by atoms with van der Waals surface area (Å²) in [6.45, 7) is 5.07. The van der Waals surface area contributed by atoms with Crippen LogP contribution in [0.15, 0.2) is 126 Å². The number of benzene rings is 4. The molecule has 402 valence electrons. The minimum Gasteiger partial charge on any atom is -0.748 e. The predicted molar refractivity (Wildman–Crippen MR) is 289 cm³/mol. The van der Waals surface area contributed by atoms with Crippen LogP contribution in [0.4, 0.5) is 11.4 Å². The van der Waals surface area contributed by atoms with E-state index in [9.17, 15) is 43.7 Å². The summed E-state index contributed by atoms with van der Waals surface area (Å²) in [7, 11) is -12.4. The third-order valence-electron chi connectivity index (χ3n) is 13.4. The molecule has 2 aromatic heterocycles. The van der Waals surface area contributed by atoms with Gasteiger partial charge in [-0.05, 0) is 78.9 Å². The van der Waals surface area contributed by atoms with Gasteiger partial charge in [-0.25, -0.2) is 29.7 Å². The number of hydrogen-bond acceptors (Lipinski definition) is 16. The van der Waals surface area contributed by atoms with Crippen molar-refractivity contribution in [2.24, 2.45) is 0 Å². The number of aromatic nitrogens is 2. The minimum absolute atomic E-state index is 0. The van der Waals surface area contributed by atoms with Crippen molar-refractivity contribution in [3.63, 3.8) is 0 Å². The molecule has 1 saturated heterocycles. The van der Waals surface area contributed by atoms with Gasteiger partial charge in [-0.1, -0.05) is 57.0 Å². The average Bonchev–Trinajstić information content (AvgIpc) is 4.23. The van der Waals surface area contributed by atoms with Crippen molar-refractivity contribution in [3.05, 3.63) is 128 Å². The number of anilines is 1. The summed E-state index contributed by atoms with van der Waals surface area (Å²) in [5, 5.41) is 2.40. The van der Waals surface area contributed by atoms with E-state index in [1.165, 1.54) is 36.6 Å². The number of oxazole rings is 1. The van der Waals surface area contributed by atoms with Gasteiger partial charge in [0.2, 0.25) is 22.9 Å². The van der Waals surface area contributed by atoms with Crippen LogP contribution in [-0.2, 0) is 48.2 Å². The number of carbonyl (C=O) groups excluding carboxylic acids is 1. The standard InChI is InChI=1S/C51H51Br2N5O14S4.Na/c1-4-32(25-49-56(20-8-22-74(60,61)62)38-13-12-37(75(63,64)65)30-45(38)73-49)23-48-57(40-29-36(69-3)11-16-43(40)71-48)31-46(59)54-18-6-7-19-55-39-27-34(52)9-14-42(39)70-47(55)24-33(5-2)26-50-58(21-17-51(58)76(66,67)68)41-28-35(53)10-15-44(41)72-50;/h9-16,23-30,51H,4-8,17-22,31H2,1-3H3,(H-3,54,59,60,61,62,63,64,65,66,67,68);/q;+1. The van der Waals surface area contributed by atoms with Crippen molar-refractivity contribution in [3.8, 4) is 17.2 Å². The number of rotatable bonds is 20. The Bertz CT molecular complexity index is 3790. The SMILES string of the molecule is CCC(=Cc1oc2ccc(Br)cc2[n+]1CCCCNC(=O)CN1C(=CC(=Cc2sc3cc(S(=O)(=O)[O-])ccc3[n+]2CCCS(=O)(=O)[O-])CC)Oc2ccc(OC)cc21)C=C1Oc2ccc(Br)cc2[N+]12CCC2S(=O)(=O)[O-].[Na+]. The monoisotopic (exact) mass is 1270 g/mol. The van der Waals surface area contributed by atoms with Crippen LogP contribution >= 0.6 is 43.2 Å². The number of halogens is 2. The molecule has 1 amide bonds. The van der Waals surface area contributed by atoms with Crippen LogP contribution in [0.1, 0.15) is 63.3 Å². The van der Waals surface area contributed by atoms with E-state index in [1.54, 1.807) is 58.0 Å². The first-order valence-electron chi connectivity index (χ1n) is 24.1. The molecule has 1 spiro atoms. The Morgan fingerprint density at radius 2 is 1.56 bits per heavy atom. The summed E-state index contributed by atoms with van der Waals surface area (Å²) in [6.07, 6.45) is 9.68. The van der Waals surface area contributed by atoms with Crippen LogP contribution in [0, 0.1) is 0 Å². The molecule has 0 bridgehead atoms. The van der Waals surface area contributed by atoms with E-state index in [0.717, 1.165) is 25.6 Å². The number of ether oxygens (including phenoxy) is 3. The zero-order chi connectivity index (χ0) is 54.3. The number of nitrogens with zero attached hydrogens (tertiary/aromatic N) is 4. The Morgan fingerprint density at radius 3 is 2.25 bits per heavy atom. The van der Waals surface area contributed by atoms with Gasteiger partial charge in [0.25, 0.3) is 10.5 Å². The Kier molecular flexibility index (Phi) is 18.1. The summed E-state index contributed by atoms with van der Waals surface area (Å²) in [5.74, 6) is 1.82. The average molecular weight is 1270 g/mol. The van der Waals surface area contributed by atoms with Crippen molar-refractivity contribution >= 4 is 124 Å². The van der Waals surface area contributed by atoms with Gasteiger partial charge < -0.3 is 37.6 Å². The molecule has 19 nitrogen and oxygen atoms in total. The number of unbranched alkanes of at least 4 members (excludes halogenated alkanes) is 1. The van der Waals surface area contributed by atoms with E-state index in [0.29, 0.717) is 112 Å². The molecule has 1 N–H and O–H groups in total. The molecule has 0 radical (unpaired) electrons. The first kappa shape index (κ1) is 58.7. The molecule has 5 heterocycles. The first-order valence-corrected chi connectivity index (χ1v) is 31.0. The van der Waals surface area contributed by atoms with Gasteiger partial charge in [-0.2, -0.15) is 9.13 Å². The molecule has 2 atom stereocenters. The third-order valence-corrected chi connectivity index (χ3v) is 18.4. The van der Waals surface area contributed by atoms with Crippen LogP contribution in [0.3, 0.4) is 0 Å². The van der Waals surface area contributed by atoms with Crippen LogP contribution in [-0.4, -0.2) is 82.7 Å². The normalized spacial score (nSPS) is 18.6. The number of aryl methyl sites for hydroxylation is 2. The van der Waals surface area contributed by atoms with Gasteiger partial charge >= 0.3 is 41.3 Å². The van der Waals surface area contributed by atoms with E-state index in [2.05, 4.69) is 37.2 Å². The van der Waals surface area contributed by atoms with Crippen molar-refractivity contribution < 1.29 is 101 Å². The summed E-state index contributed by atoms with van der Waals surface area (Å²) in [4.78, 5) is 15.2. The summed E-state index contributed by atoms with van der Waals surface area (Å²) >= 11 is 8.27. The van der Waals surface area contributed by atoms with Gasteiger partial charge in [-0.3, -0.25) is 9.69 Å². The van der Waals surface area contributed by atoms with Crippen LogP contribution in [0.25, 0.3) is 33.5 Å². The number of fused-ring (bicyclic) bond motifs is 5.